The quantitative estimate of drug-likeness (QED) is 0.722. The predicted octanol–water partition coefficient (Wildman–Crippen LogP) is 1.77. The van der Waals surface area contributed by atoms with Gasteiger partial charge in [0.1, 0.15) is 5.54 Å². The zero-order chi connectivity index (χ0) is 10.0. The van der Waals surface area contributed by atoms with Crippen molar-refractivity contribution in [2.24, 2.45) is 5.92 Å². The third-order valence-electron chi connectivity index (χ3n) is 3.82. The second-order valence-electron chi connectivity index (χ2n) is 4.77. The van der Waals surface area contributed by atoms with Crippen LogP contribution in [0.1, 0.15) is 44.9 Å². The Labute approximate surface area is 84.9 Å². The monoisotopic (exact) mass is 197 g/mol. The van der Waals surface area contributed by atoms with Gasteiger partial charge in [0, 0.05) is 0 Å². The fourth-order valence-electron chi connectivity index (χ4n) is 2.55. The average Bonchev–Trinajstić information content (AvgIpc) is 2.53. The van der Waals surface area contributed by atoms with Gasteiger partial charge < -0.3 is 10.4 Å². The largest absolute Gasteiger partial charge is 0.480 e. The lowest BCUT2D eigenvalue weighted by Gasteiger charge is -2.39. The van der Waals surface area contributed by atoms with Crippen LogP contribution in [0.25, 0.3) is 0 Å². The van der Waals surface area contributed by atoms with Crippen LogP contribution >= 0.6 is 0 Å². The smallest absolute Gasteiger partial charge is 0.323 e. The molecule has 0 aromatic rings. The molecule has 2 fully saturated rings. The summed E-state index contributed by atoms with van der Waals surface area (Å²) in [5, 5.41) is 12.4. The SMILES string of the molecule is O=C(O)C1(NCC2CCCC2)CCC1. The molecule has 0 amide bonds. The van der Waals surface area contributed by atoms with Gasteiger partial charge in [0.2, 0.25) is 0 Å². The van der Waals surface area contributed by atoms with E-state index in [1.807, 2.05) is 0 Å². The first-order chi connectivity index (χ1) is 6.73. The predicted molar refractivity (Wildman–Crippen MR) is 54.2 cm³/mol. The number of nitrogens with one attached hydrogen (secondary N) is 1. The van der Waals surface area contributed by atoms with Crippen molar-refractivity contribution < 1.29 is 9.90 Å². The van der Waals surface area contributed by atoms with Gasteiger partial charge in [-0.2, -0.15) is 0 Å². The minimum atomic E-state index is -0.651. The molecule has 0 radical (unpaired) electrons. The molecule has 0 aliphatic heterocycles. The Morgan fingerprint density at radius 2 is 1.93 bits per heavy atom. The molecule has 2 saturated carbocycles. The second kappa shape index (κ2) is 3.89. The molecule has 2 N–H and O–H groups in total. The molecule has 0 saturated heterocycles. The Morgan fingerprint density at radius 1 is 1.29 bits per heavy atom. The van der Waals surface area contributed by atoms with Gasteiger partial charge in [-0.1, -0.05) is 12.8 Å². The number of rotatable bonds is 4. The van der Waals surface area contributed by atoms with Crippen LogP contribution < -0.4 is 5.32 Å². The Morgan fingerprint density at radius 3 is 2.36 bits per heavy atom. The first-order valence-electron chi connectivity index (χ1n) is 5.71. The molecule has 2 aliphatic rings. The van der Waals surface area contributed by atoms with Crippen LogP contribution in [-0.2, 0) is 4.79 Å². The van der Waals surface area contributed by atoms with Crippen molar-refractivity contribution in [3.63, 3.8) is 0 Å². The second-order valence-corrected chi connectivity index (χ2v) is 4.77. The fourth-order valence-corrected chi connectivity index (χ4v) is 2.55. The summed E-state index contributed by atoms with van der Waals surface area (Å²) in [4.78, 5) is 11.0. The molecule has 0 atom stereocenters. The summed E-state index contributed by atoms with van der Waals surface area (Å²) >= 11 is 0. The lowest BCUT2D eigenvalue weighted by molar-refractivity contribution is -0.148. The highest BCUT2D eigenvalue weighted by atomic mass is 16.4. The van der Waals surface area contributed by atoms with E-state index < -0.39 is 11.5 Å². The van der Waals surface area contributed by atoms with Crippen molar-refractivity contribution in [1.29, 1.82) is 0 Å². The first-order valence-corrected chi connectivity index (χ1v) is 5.71. The van der Waals surface area contributed by atoms with Gasteiger partial charge in [0.05, 0.1) is 0 Å². The summed E-state index contributed by atoms with van der Waals surface area (Å²) in [6, 6.07) is 0. The van der Waals surface area contributed by atoms with Crippen molar-refractivity contribution in [1.82, 2.24) is 5.32 Å². The van der Waals surface area contributed by atoms with Crippen molar-refractivity contribution in [3.05, 3.63) is 0 Å². The number of carbonyl (C=O) groups is 1. The summed E-state index contributed by atoms with van der Waals surface area (Å²) in [5.41, 5.74) is -0.553. The summed E-state index contributed by atoms with van der Waals surface area (Å²) in [6.45, 7) is 0.909. The van der Waals surface area contributed by atoms with E-state index in [1.165, 1.54) is 25.7 Å². The molecule has 14 heavy (non-hydrogen) atoms. The van der Waals surface area contributed by atoms with Crippen LogP contribution in [0.5, 0.6) is 0 Å². The molecule has 0 aromatic heterocycles. The van der Waals surface area contributed by atoms with E-state index in [9.17, 15) is 4.79 Å². The van der Waals surface area contributed by atoms with Crippen LogP contribution in [0.4, 0.5) is 0 Å². The Kier molecular flexibility index (Phi) is 2.77. The molecule has 0 unspecified atom stereocenters. The zero-order valence-electron chi connectivity index (χ0n) is 8.59. The van der Waals surface area contributed by atoms with E-state index >= 15 is 0 Å². The minimum Gasteiger partial charge on any atom is -0.480 e. The van der Waals surface area contributed by atoms with Crippen molar-refractivity contribution in [2.75, 3.05) is 6.54 Å². The van der Waals surface area contributed by atoms with E-state index in [4.69, 9.17) is 5.11 Å². The number of carboxylic acids is 1. The van der Waals surface area contributed by atoms with Crippen molar-refractivity contribution in [3.8, 4) is 0 Å². The van der Waals surface area contributed by atoms with Crippen molar-refractivity contribution >= 4 is 5.97 Å². The maximum absolute atomic E-state index is 11.0. The van der Waals surface area contributed by atoms with E-state index in [0.717, 1.165) is 31.7 Å². The molecule has 2 aliphatic carbocycles. The van der Waals surface area contributed by atoms with Gasteiger partial charge in [-0.15, -0.1) is 0 Å². The number of hydrogen-bond acceptors (Lipinski definition) is 2. The molecule has 0 aromatic carbocycles. The van der Waals surface area contributed by atoms with Gasteiger partial charge in [-0.25, -0.2) is 0 Å². The maximum atomic E-state index is 11.0. The average molecular weight is 197 g/mol. The van der Waals surface area contributed by atoms with E-state index in [1.54, 1.807) is 0 Å². The highest BCUT2D eigenvalue weighted by molar-refractivity contribution is 5.79. The van der Waals surface area contributed by atoms with Gasteiger partial charge >= 0.3 is 5.97 Å². The summed E-state index contributed by atoms with van der Waals surface area (Å²) in [5.74, 6) is 0.0774. The van der Waals surface area contributed by atoms with Crippen molar-refractivity contribution in [2.45, 2.75) is 50.5 Å². The van der Waals surface area contributed by atoms with Gasteiger partial charge in [0.25, 0.3) is 0 Å². The maximum Gasteiger partial charge on any atom is 0.323 e. The Hall–Kier alpha value is -0.570. The highest BCUT2D eigenvalue weighted by Gasteiger charge is 2.44. The normalized spacial score (nSPS) is 26.0. The van der Waals surface area contributed by atoms with Crippen LogP contribution in [-0.4, -0.2) is 23.2 Å². The standard InChI is InChI=1S/C11H19NO2/c13-10(14)11(6-3-7-11)12-8-9-4-1-2-5-9/h9,12H,1-8H2,(H,13,14). The molecule has 3 heteroatoms. The third kappa shape index (κ3) is 1.78. The van der Waals surface area contributed by atoms with Gasteiger partial charge in [-0.3, -0.25) is 4.79 Å². The number of hydrogen-bond donors (Lipinski definition) is 2. The lowest BCUT2D eigenvalue weighted by atomic mass is 9.76. The lowest BCUT2D eigenvalue weighted by Crippen LogP contribution is -2.58. The number of aliphatic carboxylic acids is 1. The van der Waals surface area contributed by atoms with Crippen LogP contribution in [0.3, 0.4) is 0 Å². The minimum absolute atomic E-state index is 0.553. The van der Waals surface area contributed by atoms with E-state index in [-0.39, 0.29) is 0 Å². The molecule has 0 spiro atoms. The van der Waals surface area contributed by atoms with Crippen LogP contribution in [0.15, 0.2) is 0 Å². The molecule has 2 rings (SSSR count). The highest BCUT2D eigenvalue weighted by Crippen LogP contribution is 2.33. The third-order valence-corrected chi connectivity index (χ3v) is 3.82. The topological polar surface area (TPSA) is 49.3 Å². The first kappa shape index (κ1) is 9.97. The van der Waals surface area contributed by atoms with Gasteiger partial charge in [0.15, 0.2) is 0 Å². The van der Waals surface area contributed by atoms with Crippen LogP contribution in [0, 0.1) is 5.92 Å². The molecule has 0 heterocycles. The Bertz CT molecular complexity index is 217. The number of carboxylic acid groups (broad SMARTS) is 1. The summed E-state index contributed by atoms with van der Waals surface area (Å²) in [6.07, 6.45) is 7.90. The fraction of sp³-hybridized carbons (Fsp3) is 0.909. The molecule has 80 valence electrons. The van der Waals surface area contributed by atoms with Crippen LogP contribution in [0.2, 0.25) is 0 Å². The molecular formula is C11H19NO2. The molecular weight excluding hydrogens is 178 g/mol. The summed E-state index contributed by atoms with van der Waals surface area (Å²) in [7, 11) is 0. The summed E-state index contributed by atoms with van der Waals surface area (Å²) < 4.78 is 0. The van der Waals surface area contributed by atoms with E-state index in [0.29, 0.717) is 0 Å². The zero-order valence-corrected chi connectivity index (χ0v) is 8.59. The molecule has 0 bridgehead atoms. The Balaban J connectivity index is 1.80. The van der Waals surface area contributed by atoms with E-state index in [2.05, 4.69) is 5.32 Å². The molecule has 3 nitrogen and oxygen atoms in total. The van der Waals surface area contributed by atoms with Gasteiger partial charge in [-0.05, 0) is 44.6 Å².